The molecule has 152 valence electrons. The van der Waals surface area contributed by atoms with Crippen LogP contribution in [0.3, 0.4) is 0 Å². The van der Waals surface area contributed by atoms with E-state index in [4.69, 9.17) is 4.74 Å². The van der Waals surface area contributed by atoms with Gasteiger partial charge in [-0.1, -0.05) is 6.07 Å². The molecule has 0 aliphatic rings. The molecular weight excluding hydrogens is 390 g/mol. The predicted octanol–water partition coefficient (Wildman–Crippen LogP) is 2.51. The van der Waals surface area contributed by atoms with Crippen LogP contribution >= 0.6 is 0 Å². The monoisotopic (exact) mass is 413 g/mol. The second kappa shape index (κ2) is 8.59. The Bertz CT molecular complexity index is 1150. The minimum Gasteiger partial charge on any atom is -0.497 e. The summed E-state index contributed by atoms with van der Waals surface area (Å²) in [4.78, 5) is 16.9. The van der Waals surface area contributed by atoms with Crippen molar-refractivity contribution in [2.75, 3.05) is 13.7 Å². The number of sulfonamides is 1. The van der Waals surface area contributed by atoms with Crippen molar-refractivity contribution in [3.63, 3.8) is 0 Å². The lowest BCUT2D eigenvalue weighted by atomic mass is 10.1. The Labute approximate surface area is 170 Å². The zero-order chi connectivity index (χ0) is 21.0. The Morgan fingerprint density at radius 1 is 1.03 bits per heavy atom. The first-order chi connectivity index (χ1) is 13.8. The van der Waals surface area contributed by atoms with Crippen molar-refractivity contribution in [1.29, 1.82) is 0 Å². The van der Waals surface area contributed by atoms with Gasteiger partial charge >= 0.3 is 0 Å². The SMILES string of the molecule is COc1ccc(-c2cc(=O)n(CCNS(=O)(=O)c3cc(C)cc(C)c3)cn2)cc1. The fourth-order valence-electron chi connectivity index (χ4n) is 2.99. The number of hydrogen-bond donors (Lipinski definition) is 1. The average Bonchev–Trinajstić information content (AvgIpc) is 2.68. The maximum Gasteiger partial charge on any atom is 0.253 e. The van der Waals surface area contributed by atoms with Gasteiger partial charge in [0.05, 0.1) is 24.0 Å². The lowest BCUT2D eigenvalue weighted by Gasteiger charge is -2.10. The zero-order valence-corrected chi connectivity index (χ0v) is 17.4. The number of benzene rings is 2. The quantitative estimate of drug-likeness (QED) is 0.643. The molecular formula is C21H23N3O4S. The van der Waals surface area contributed by atoms with E-state index in [0.717, 1.165) is 22.4 Å². The van der Waals surface area contributed by atoms with Crippen LogP contribution in [0.1, 0.15) is 11.1 Å². The van der Waals surface area contributed by atoms with Crippen LogP contribution in [0.5, 0.6) is 5.75 Å². The van der Waals surface area contributed by atoms with E-state index in [9.17, 15) is 13.2 Å². The van der Waals surface area contributed by atoms with Gasteiger partial charge in [-0.05, 0) is 61.4 Å². The molecule has 0 aliphatic heterocycles. The summed E-state index contributed by atoms with van der Waals surface area (Å²) in [6.45, 7) is 3.96. The van der Waals surface area contributed by atoms with Crippen LogP contribution in [-0.2, 0) is 16.6 Å². The van der Waals surface area contributed by atoms with Gasteiger partial charge in [0.25, 0.3) is 5.56 Å². The van der Waals surface area contributed by atoms with Gasteiger partial charge in [0.2, 0.25) is 10.0 Å². The maximum atomic E-state index is 12.5. The van der Waals surface area contributed by atoms with E-state index in [1.807, 2.05) is 32.0 Å². The molecule has 0 bridgehead atoms. The molecule has 8 heteroatoms. The minimum absolute atomic E-state index is 0.0821. The number of aryl methyl sites for hydroxylation is 2. The third-order valence-electron chi connectivity index (χ3n) is 4.42. The molecule has 0 saturated carbocycles. The van der Waals surface area contributed by atoms with Crippen molar-refractivity contribution in [2.24, 2.45) is 0 Å². The highest BCUT2D eigenvalue weighted by Gasteiger charge is 2.14. The highest BCUT2D eigenvalue weighted by atomic mass is 32.2. The second-order valence-corrected chi connectivity index (χ2v) is 8.52. The molecule has 3 rings (SSSR count). The van der Waals surface area contributed by atoms with Crippen LogP contribution in [-0.4, -0.2) is 31.6 Å². The Kier molecular flexibility index (Phi) is 6.14. The first-order valence-electron chi connectivity index (χ1n) is 9.07. The van der Waals surface area contributed by atoms with Crippen LogP contribution < -0.4 is 15.0 Å². The van der Waals surface area contributed by atoms with Crippen LogP contribution in [0.25, 0.3) is 11.3 Å². The summed E-state index contributed by atoms with van der Waals surface area (Å²) in [6.07, 6.45) is 1.42. The van der Waals surface area contributed by atoms with E-state index in [1.165, 1.54) is 17.0 Å². The number of rotatable bonds is 7. The Morgan fingerprint density at radius 2 is 1.69 bits per heavy atom. The van der Waals surface area contributed by atoms with Gasteiger partial charge in [-0.3, -0.25) is 9.36 Å². The molecule has 29 heavy (non-hydrogen) atoms. The van der Waals surface area contributed by atoms with E-state index in [2.05, 4.69) is 9.71 Å². The lowest BCUT2D eigenvalue weighted by Crippen LogP contribution is -2.31. The van der Waals surface area contributed by atoms with Crippen molar-refractivity contribution in [3.05, 3.63) is 76.3 Å². The van der Waals surface area contributed by atoms with E-state index in [1.54, 1.807) is 31.4 Å². The summed E-state index contributed by atoms with van der Waals surface area (Å²) in [7, 11) is -2.06. The first-order valence-corrected chi connectivity index (χ1v) is 10.6. The van der Waals surface area contributed by atoms with Gasteiger partial charge in [-0.15, -0.1) is 0 Å². The topological polar surface area (TPSA) is 90.3 Å². The Balaban J connectivity index is 1.68. The second-order valence-electron chi connectivity index (χ2n) is 6.76. The molecule has 0 unspecified atom stereocenters. The highest BCUT2D eigenvalue weighted by molar-refractivity contribution is 7.89. The van der Waals surface area contributed by atoms with E-state index < -0.39 is 10.0 Å². The number of nitrogens with one attached hydrogen (secondary N) is 1. The summed E-state index contributed by atoms with van der Waals surface area (Å²) in [5, 5.41) is 0. The summed E-state index contributed by atoms with van der Waals surface area (Å²) in [5.74, 6) is 0.721. The summed E-state index contributed by atoms with van der Waals surface area (Å²) in [6, 6.07) is 13.8. The van der Waals surface area contributed by atoms with Crippen molar-refractivity contribution >= 4 is 10.0 Å². The normalized spacial score (nSPS) is 11.4. The van der Waals surface area contributed by atoms with Crippen LogP contribution in [0.4, 0.5) is 0 Å². The zero-order valence-electron chi connectivity index (χ0n) is 16.5. The molecule has 0 fully saturated rings. The predicted molar refractivity (Wildman–Crippen MR) is 112 cm³/mol. The first kappa shape index (κ1) is 20.8. The molecule has 2 aromatic carbocycles. The van der Waals surface area contributed by atoms with Gasteiger partial charge in [-0.25, -0.2) is 18.1 Å². The van der Waals surface area contributed by atoms with Crippen molar-refractivity contribution < 1.29 is 13.2 Å². The fraction of sp³-hybridized carbons (Fsp3) is 0.238. The van der Waals surface area contributed by atoms with Crippen LogP contribution in [0, 0.1) is 13.8 Å². The number of ether oxygens (including phenoxy) is 1. The van der Waals surface area contributed by atoms with Gasteiger partial charge in [-0.2, -0.15) is 0 Å². The Hall–Kier alpha value is -2.97. The highest BCUT2D eigenvalue weighted by Crippen LogP contribution is 2.19. The maximum absolute atomic E-state index is 12.5. The number of hydrogen-bond acceptors (Lipinski definition) is 5. The van der Waals surface area contributed by atoms with Crippen LogP contribution in [0.2, 0.25) is 0 Å². The summed E-state index contributed by atoms with van der Waals surface area (Å²) < 4.78 is 34.0. The lowest BCUT2D eigenvalue weighted by molar-refractivity contribution is 0.415. The van der Waals surface area contributed by atoms with E-state index >= 15 is 0 Å². The third kappa shape index (κ3) is 5.10. The molecule has 0 saturated heterocycles. The molecule has 0 atom stereocenters. The molecule has 1 heterocycles. The molecule has 0 radical (unpaired) electrons. The van der Waals surface area contributed by atoms with Crippen molar-refractivity contribution in [1.82, 2.24) is 14.3 Å². The largest absolute Gasteiger partial charge is 0.497 e. The molecule has 0 aliphatic carbocycles. The van der Waals surface area contributed by atoms with E-state index in [-0.39, 0.29) is 23.5 Å². The number of aromatic nitrogens is 2. The fourth-order valence-corrected chi connectivity index (χ4v) is 4.19. The summed E-state index contributed by atoms with van der Waals surface area (Å²) in [5.41, 5.74) is 2.84. The van der Waals surface area contributed by atoms with Gasteiger partial charge in [0.15, 0.2) is 0 Å². The van der Waals surface area contributed by atoms with Crippen molar-refractivity contribution in [3.8, 4) is 17.0 Å². The number of methoxy groups -OCH3 is 1. The third-order valence-corrected chi connectivity index (χ3v) is 5.86. The molecule has 7 nitrogen and oxygen atoms in total. The molecule has 3 aromatic rings. The van der Waals surface area contributed by atoms with Gasteiger partial charge in [0.1, 0.15) is 5.75 Å². The smallest absolute Gasteiger partial charge is 0.253 e. The molecule has 0 amide bonds. The van der Waals surface area contributed by atoms with Crippen LogP contribution in [0.15, 0.2) is 64.5 Å². The molecule has 1 N–H and O–H groups in total. The van der Waals surface area contributed by atoms with E-state index in [0.29, 0.717) is 5.69 Å². The van der Waals surface area contributed by atoms with Crippen molar-refractivity contribution in [2.45, 2.75) is 25.3 Å². The minimum atomic E-state index is -3.64. The summed E-state index contributed by atoms with van der Waals surface area (Å²) >= 11 is 0. The standard InChI is InChI=1S/C21H23N3O4S/c1-15-10-16(2)12-19(11-15)29(26,27)23-8-9-24-14-22-20(13-21(24)25)17-4-6-18(28-3)7-5-17/h4-7,10-14,23H,8-9H2,1-3H3. The Morgan fingerprint density at radius 3 is 2.28 bits per heavy atom. The number of nitrogens with zero attached hydrogens (tertiary/aromatic N) is 2. The molecule has 1 aromatic heterocycles. The average molecular weight is 413 g/mol. The van der Waals surface area contributed by atoms with Gasteiger partial charge in [0, 0.05) is 24.7 Å². The molecule has 0 spiro atoms. The van der Waals surface area contributed by atoms with Gasteiger partial charge < -0.3 is 4.74 Å².